The number of carboxylic acid groups (broad SMARTS) is 1. The molecule has 166 valence electrons. The summed E-state index contributed by atoms with van der Waals surface area (Å²) < 4.78 is 17.0. The van der Waals surface area contributed by atoms with Crippen molar-refractivity contribution in [3.8, 4) is 22.6 Å². The number of hydrogen-bond acceptors (Lipinski definition) is 7. The highest BCUT2D eigenvalue weighted by Gasteiger charge is 2.15. The molecule has 2 N–H and O–H groups in total. The Morgan fingerprint density at radius 3 is 2.85 bits per heavy atom. The highest BCUT2D eigenvalue weighted by atomic mass is 32.1. The first-order valence-electron chi connectivity index (χ1n) is 10.5. The SMILES string of the molecule is Cc1c(Nc2nsc3ccc(C=NCC(=O)O)cc23)cccc1-c1ccc2c(c1)OCCO2. The summed E-state index contributed by atoms with van der Waals surface area (Å²) in [5.74, 6) is 1.33. The van der Waals surface area contributed by atoms with Gasteiger partial charge in [-0.05, 0) is 71.0 Å². The average Bonchev–Trinajstić information content (AvgIpc) is 3.22. The van der Waals surface area contributed by atoms with E-state index in [4.69, 9.17) is 14.6 Å². The molecular formula is C25H21N3O4S. The Labute approximate surface area is 194 Å². The summed E-state index contributed by atoms with van der Waals surface area (Å²) in [6.07, 6.45) is 1.57. The molecule has 0 saturated carbocycles. The number of carbonyl (C=O) groups is 1. The molecule has 0 spiro atoms. The summed E-state index contributed by atoms with van der Waals surface area (Å²) >= 11 is 1.41. The number of anilines is 2. The molecule has 1 aliphatic rings. The molecule has 0 unspecified atom stereocenters. The molecule has 0 bridgehead atoms. The fourth-order valence-corrected chi connectivity index (χ4v) is 4.49. The van der Waals surface area contributed by atoms with Gasteiger partial charge < -0.3 is 19.9 Å². The van der Waals surface area contributed by atoms with E-state index in [9.17, 15) is 4.79 Å². The topological polar surface area (TPSA) is 93.0 Å². The normalized spacial score (nSPS) is 12.9. The Balaban J connectivity index is 1.45. The number of hydrogen-bond donors (Lipinski definition) is 2. The number of carboxylic acids is 1. The minimum Gasteiger partial charge on any atom is -0.486 e. The van der Waals surface area contributed by atoms with Crippen molar-refractivity contribution < 1.29 is 19.4 Å². The van der Waals surface area contributed by atoms with Gasteiger partial charge in [0.1, 0.15) is 19.8 Å². The number of aromatic nitrogens is 1. The van der Waals surface area contributed by atoms with Gasteiger partial charge in [-0.15, -0.1) is 0 Å². The standard InChI is InChI=1S/C25H21N3O4S/c1-15-18(17-6-7-21-22(12-17)32-10-9-31-21)3-2-4-20(15)27-25-19-11-16(13-26-14-24(29)30)5-8-23(19)33-28-25/h2-8,11-13H,9-10,14H2,1H3,(H,27,28)(H,29,30). The van der Waals surface area contributed by atoms with Gasteiger partial charge in [-0.2, -0.15) is 4.37 Å². The van der Waals surface area contributed by atoms with E-state index in [2.05, 4.69) is 27.7 Å². The van der Waals surface area contributed by atoms with Crippen LogP contribution in [0.2, 0.25) is 0 Å². The second-order valence-electron chi connectivity index (χ2n) is 7.61. The Hall–Kier alpha value is -3.91. The van der Waals surface area contributed by atoms with Crippen LogP contribution in [0.25, 0.3) is 21.2 Å². The highest BCUT2D eigenvalue weighted by molar-refractivity contribution is 7.13. The van der Waals surface area contributed by atoms with Crippen LogP contribution in [0.4, 0.5) is 11.5 Å². The van der Waals surface area contributed by atoms with Crippen LogP contribution in [0.3, 0.4) is 0 Å². The third-order valence-corrected chi connectivity index (χ3v) is 6.23. The summed E-state index contributed by atoms with van der Waals surface area (Å²) in [6.45, 7) is 2.94. The number of fused-ring (bicyclic) bond motifs is 2. The maximum Gasteiger partial charge on any atom is 0.325 e. The maximum atomic E-state index is 10.7. The minimum absolute atomic E-state index is 0.253. The number of aliphatic carboxylic acids is 1. The number of rotatable bonds is 6. The molecule has 1 aromatic heterocycles. The predicted octanol–water partition coefficient (Wildman–Crippen LogP) is 5.29. The van der Waals surface area contributed by atoms with E-state index in [1.54, 1.807) is 6.21 Å². The predicted molar refractivity (Wildman–Crippen MR) is 131 cm³/mol. The van der Waals surface area contributed by atoms with E-state index < -0.39 is 5.97 Å². The Morgan fingerprint density at radius 1 is 1.15 bits per heavy atom. The van der Waals surface area contributed by atoms with Gasteiger partial charge in [0, 0.05) is 17.3 Å². The van der Waals surface area contributed by atoms with Crippen LogP contribution in [0.1, 0.15) is 11.1 Å². The molecule has 0 radical (unpaired) electrons. The minimum atomic E-state index is -0.958. The van der Waals surface area contributed by atoms with Gasteiger partial charge in [0.15, 0.2) is 17.3 Å². The third kappa shape index (κ3) is 4.38. The number of aliphatic imine (C=N–C) groups is 1. The van der Waals surface area contributed by atoms with Gasteiger partial charge in [-0.3, -0.25) is 9.79 Å². The van der Waals surface area contributed by atoms with Gasteiger partial charge >= 0.3 is 5.97 Å². The zero-order valence-electron chi connectivity index (χ0n) is 17.9. The molecule has 7 nitrogen and oxygen atoms in total. The molecule has 3 aromatic carbocycles. The zero-order valence-corrected chi connectivity index (χ0v) is 18.7. The number of benzene rings is 3. The van der Waals surface area contributed by atoms with Crippen LogP contribution in [-0.2, 0) is 4.79 Å². The van der Waals surface area contributed by atoms with Crippen LogP contribution in [0, 0.1) is 6.92 Å². The van der Waals surface area contributed by atoms with Gasteiger partial charge in [0.25, 0.3) is 0 Å². The number of nitrogens with one attached hydrogen (secondary N) is 1. The first-order valence-corrected chi connectivity index (χ1v) is 11.2. The molecule has 0 atom stereocenters. The smallest absolute Gasteiger partial charge is 0.325 e. The third-order valence-electron chi connectivity index (χ3n) is 5.40. The summed E-state index contributed by atoms with van der Waals surface area (Å²) in [5.41, 5.74) is 5.03. The molecule has 0 saturated heterocycles. The summed E-state index contributed by atoms with van der Waals surface area (Å²) in [4.78, 5) is 14.7. The van der Waals surface area contributed by atoms with Gasteiger partial charge in [-0.1, -0.05) is 24.3 Å². The molecule has 2 heterocycles. The second kappa shape index (κ2) is 8.91. The van der Waals surface area contributed by atoms with Crippen molar-refractivity contribution in [3.63, 3.8) is 0 Å². The van der Waals surface area contributed by atoms with E-state index in [0.717, 1.165) is 55.3 Å². The molecule has 5 rings (SSSR count). The summed E-state index contributed by atoms with van der Waals surface area (Å²) in [5, 5.41) is 13.2. The van der Waals surface area contributed by atoms with Gasteiger partial charge in [0.2, 0.25) is 0 Å². The first-order chi connectivity index (χ1) is 16.1. The van der Waals surface area contributed by atoms with Crippen molar-refractivity contribution in [2.75, 3.05) is 25.1 Å². The van der Waals surface area contributed by atoms with Crippen LogP contribution >= 0.6 is 11.5 Å². The molecule has 0 aliphatic carbocycles. The number of nitrogens with zero attached hydrogens (tertiary/aromatic N) is 2. The van der Waals surface area contributed by atoms with Crippen molar-refractivity contribution >= 4 is 45.3 Å². The van der Waals surface area contributed by atoms with Gasteiger partial charge in [0.05, 0.1) is 4.70 Å². The van der Waals surface area contributed by atoms with Crippen molar-refractivity contribution in [2.45, 2.75) is 6.92 Å². The second-order valence-corrected chi connectivity index (χ2v) is 8.42. The van der Waals surface area contributed by atoms with E-state index >= 15 is 0 Å². The zero-order chi connectivity index (χ0) is 22.8. The molecule has 4 aromatic rings. The van der Waals surface area contributed by atoms with Crippen molar-refractivity contribution in [2.24, 2.45) is 4.99 Å². The Morgan fingerprint density at radius 2 is 2.00 bits per heavy atom. The van der Waals surface area contributed by atoms with Crippen molar-refractivity contribution in [3.05, 3.63) is 65.7 Å². The monoisotopic (exact) mass is 459 g/mol. The quantitative estimate of drug-likeness (QED) is 0.381. The van der Waals surface area contributed by atoms with Crippen LogP contribution in [0.15, 0.2) is 59.6 Å². The summed E-state index contributed by atoms with van der Waals surface area (Å²) in [7, 11) is 0. The lowest BCUT2D eigenvalue weighted by atomic mass is 9.98. The maximum absolute atomic E-state index is 10.7. The fourth-order valence-electron chi connectivity index (χ4n) is 3.78. The molecule has 8 heteroatoms. The van der Waals surface area contributed by atoms with E-state index in [-0.39, 0.29) is 6.54 Å². The van der Waals surface area contributed by atoms with Crippen LogP contribution in [0.5, 0.6) is 11.5 Å². The Bertz CT molecular complexity index is 1380. The van der Waals surface area contributed by atoms with Gasteiger partial charge in [-0.25, -0.2) is 0 Å². The van der Waals surface area contributed by atoms with Crippen molar-refractivity contribution in [1.29, 1.82) is 0 Å². The molecule has 33 heavy (non-hydrogen) atoms. The van der Waals surface area contributed by atoms with E-state index in [1.807, 2.05) is 48.5 Å². The molecule has 1 aliphatic heterocycles. The lowest BCUT2D eigenvalue weighted by molar-refractivity contribution is -0.135. The molecule has 0 amide bonds. The van der Waals surface area contributed by atoms with Crippen LogP contribution in [-0.4, -0.2) is 41.4 Å². The number of ether oxygens (including phenoxy) is 2. The largest absolute Gasteiger partial charge is 0.486 e. The lowest BCUT2D eigenvalue weighted by Gasteiger charge is -2.19. The van der Waals surface area contributed by atoms with E-state index in [1.165, 1.54) is 11.5 Å². The van der Waals surface area contributed by atoms with Crippen molar-refractivity contribution in [1.82, 2.24) is 4.37 Å². The molecular weight excluding hydrogens is 438 g/mol. The molecule has 0 fully saturated rings. The summed E-state index contributed by atoms with van der Waals surface area (Å²) in [6, 6.07) is 18.0. The first kappa shape index (κ1) is 21.0. The fraction of sp³-hybridized carbons (Fsp3) is 0.160. The Kier molecular flexibility index (Phi) is 5.66. The highest BCUT2D eigenvalue weighted by Crippen LogP contribution is 2.38. The average molecular weight is 460 g/mol. The lowest BCUT2D eigenvalue weighted by Crippen LogP contribution is -2.15. The van der Waals surface area contributed by atoms with Crippen LogP contribution < -0.4 is 14.8 Å². The van der Waals surface area contributed by atoms with E-state index in [0.29, 0.717) is 13.2 Å².